The van der Waals surface area contributed by atoms with E-state index in [1.54, 1.807) is 12.1 Å². The van der Waals surface area contributed by atoms with E-state index in [4.69, 9.17) is 0 Å². The summed E-state index contributed by atoms with van der Waals surface area (Å²) in [6, 6.07) is 11.3. The lowest BCUT2D eigenvalue weighted by atomic mass is 10.1. The fourth-order valence-electron chi connectivity index (χ4n) is 2.37. The number of aryl methyl sites for hydroxylation is 1. The predicted octanol–water partition coefficient (Wildman–Crippen LogP) is 3.57. The minimum Gasteiger partial charge on any atom is -0.389 e. The molecule has 0 fully saturated rings. The van der Waals surface area contributed by atoms with Crippen molar-refractivity contribution in [1.82, 2.24) is 0 Å². The minimum atomic E-state index is -0.952. The summed E-state index contributed by atoms with van der Waals surface area (Å²) in [5, 5.41) is 14.9. The van der Waals surface area contributed by atoms with Crippen LogP contribution < -0.4 is 10.6 Å². The molecule has 6 heteroatoms. The van der Waals surface area contributed by atoms with Gasteiger partial charge in [-0.25, -0.2) is 4.39 Å². The first-order chi connectivity index (χ1) is 12.4. The minimum absolute atomic E-state index is 0.139. The highest BCUT2D eigenvalue weighted by Crippen LogP contribution is 2.21. The van der Waals surface area contributed by atoms with E-state index in [2.05, 4.69) is 17.2 Å². The lowest BCUT2D eigenvalue weighted by Gasteiger charge is -2.10. The molecule has 0 aliphatic heterocycles. The van der Waals surface area contributed by atoms with Crippen LogP contribution in [0.15, 0.2) is 55.1 Å². The van der Waals surface area contributed by atoms with Gasteiger partial charge >= 0.3 is 0 Å². The van der Waals surface area contributed by atoms with Crippen molar-refractivity contribution >= 4 is 23.2 Å². The van der Waals surface area contributed by atoms with E-state index < -0.39 is 11.9 Å². The molecule has 0 spiro atoms. The van der Waals surface area contributed by atoms with Gasteiger partial charge in [0, 0.05) is 23.4 Å². The Morgan fingerprint density at radius 1 is 1.15 bits per heavy atom. The molecule has 1 atom stereocenters. The number of carbonyl (C=O) groups excluding carboxylic acids is 2. The molecule has 136 valence electrons. The third-order valence-electron chi connectivity index (χ3n) is 3.78. The molecule has 0 radical (unpaired) electrons. The van der Waals surface area contributed by atoms with Gasteiger partial charge in [-0.15, -0.1) is 0 Å². The molecule has 0 aromatic heterocycles. The van der Waals surface area contributed by atoms with Crippen molar-refractivity contribution in [3.05, 3.63) is 72.1 Å². The molecular formula is C20H21FN2O3. The molecule has 0 saturated heterocycles. The zero-order chi connectivity index (χ0) is 19.1. The van der Waals surface area contributed by atoms with E-state index in [0.29, 0.717) is 17.8 Å². The number of halogens is 1. The predicted molar refractivity (Wildman–Crippen MR) is 99.3 cm³/mol. The van der Waals surface area contributed by atoms with E-state index >= 15 is 0 Å². The van der Waals surface area contributed by atoms with E-state index in [9.17, 15) is 19.1 Å². The zero-order valence-corrected chi connectivity index (χ0v) is 14.5. The number of rotatable bonds is 7. The number of nitrogens with one attached hydrogen (secondary N) is 2. The second-order valence-electron chi connectivity index (χ2n) is 5.85. The van der Waals surface area contributed by atoms with Crippen molar-refractivity contribution in [2.45, 2.75) is 25.9 Å². The summed E-state index contributed by atoms with van der Waals surface area (Å²) >= 11 is 0. The monoisotopic (exact) mass is 356 g/mol. The van der Waals surface area contributed by atoms with Crippen LogP contribution >= 0.6 is 0 Å². The molecule has 5 nitrogen and oxygen atoms in total. The molecule has 2 aromatic rings. The smallest absolute Gasteiger partial charge is 0.247 e. The summed E-state index contributed by atoms with van der Waals surface area (Å²) in [6.07, 6.45) is 1.01. The fourth-order valence-corrected chi connectivity index (χ4v) is 2.37. The van der Waals surface area contributed by atoms with Gasteiger partial charge in [-0.1, -0.05) is 18.7 Å². The van der Waals surface area contributed by atoms with Gasteiger partial charge in [0.2, 0.25) is 11.8 Å². The van der Waals surface area contributed by atoms with Crippen molar-refractivity contribution in [2.75, 3.05) is 10.6 Å². The summed E-state index contributed by atoms with van der Waals surface area (Å²) in [7, 11) is 0. The first-order valence-corrected chi connectivity index (χ1v) is 8.18. The number of aliphatic hydroxyl groups excluding tert-OH is 1. The fraction of sp³-hybridized carbons (Fsp3) is 0.200. The van der Waals surface area contributed by atoms with Crippen LogP contribution in [0.1, 0.15) is 30.6 Å². The van der Waals surface area contributed by atoms with Gasteiger partial charge in [-0.2, -0.15) is 0 Å². The van der Waals surface area contributed by atoms with Crippen molar-refractivity contribution in [3.63, 3.8) is 0 Å². The SMILES string of the molecule is C=CC(=O)Nc1ccc(CCC(=O)Nc2ccc(F)c(C(C)O)c2)cc1. The average molecular weight is 356 g/mol. The van der Waals surface area contributed by atoms with Crippen LogP contribution in [0.4, 0.5) is 15.8 Å². The normalized spacial score (nSPS) is 11.5. The average Bonchev–Trinajstić information content (AvgIpc) is 2.62. The van der Waals surface area contributed by atoms with Crippen molar-refractivity contribution in [2.24, 2.45) is 0 Å². The maximum atomic E-state index is 13.6. The summed E-state index contributed by atoms with van der Waals surface area (Å²) in [6.45, 7) is 4.85. The third-order valence-corrected chi connectivity index (χ3v) is 3.78. The Hall–Kier alpha value is -2.99. The van der Waals surface area contributed by atoms with E-state index in [1.165, 1.54) is 31.2 Å². The number of hydrogen-bond acceptors (Lipinski definition) is 3. The lowest BCUT2D eigenvalue weighted by Crippen LogP contribution is -2.13. The van der Waals surface area contributed by atoms with Crippen LogP contribution in [0.25, 0.3) is 0 Å². The summed E-state index contributed by atoms with van der Waals surface area (Å²) in [5.41, 5.74) is 2.18. The van der Waals surface area contributed by atoms with E-state index in [0.717, 1.165) is 5.56 Å². The highest BCUT2D eigenvalue weighted by molar-refractivity contribution is 5.98. The van der Waals surface area contributed by atoms with Crippen LogP contribution in [-0.4, -0.2) is 16.9 Å². The van der Waals surface area contributed by atoms with Crippen molar-refractivity contribution < 1.29 is 19.1 Å². The maximum absolute atomic E-state index is 13.6. The first-order valence-electron chi connectivity index (χ1n) is 8.18. The lowest BCUT2D eigenvalue weighted by molar-refractivity contribution is -0.116. The molecule has 3 N–H and O–H groups in total. The molecule has 2 amide bonds. The summed E-state index contributed by atoms with van der Waals surface area (Å²) in [4.78, 5) is 23.3. The molecule has 2 rings (SSSR count). The van der Waals surface area contributed by atoms with Crippen LogP contribution in [0.2, 0.25) is 0 Å². The van der Waals surface area contributed by atoms with Crippen LogP contribution in [0.3, 0.4) is 0 Å². The Morgan fingerprint density at radius 2 is 1.81 bits per heavy atom. The topological polar surface area (TPSA) is 78.4 Å². The molecule has 26 heavy (non-hydrogen) atoms. The van der Waals surface area contributed by atoms with Gasteiger partial charge in [0.05, 0.1) is 6.10 Å². The second kappa shape index (κ2) is 8.92. The van der Waals surface area contributed by atoms with Crippen LogP contribution in [0, 0.1) is 5.82 Å². The number of anilines is 2. The van der Waals surface area contributed by atoms with Gasteiger partial charge in [0.1, 0.15) is 5.82 Å². The van der Waals surface area contributed by atoms with Crippen LogP contribution in [-0.2, 0) is 16.0 Å². The summed E-state index contributed by atoms with van der Waals surface area (Å²) in [5.74, 6) is -1.01. The number of benzene rings is 2. The third kappa shape index (κ3) is 5.53. The number of hydrogen-bond donors (Lipinski definition) is 3. The Kier molecular flexibility index (Phi) is 6.63. The molecule has 0 aliphatic rings. The molecule has 0 heterocycles. The van der Waals surface area contributed by atoms with E-state index in [-0.39, 0.29) is 23.8 Å². The number of amides is 2. The van der Waals surface area contributed by atoms with Gasteiger partial charge in [0.25, 0.3) is 0 Å². The van der Waals surface area contributed by atoms with Gasteiger partial charge < -0.3 is 15.7 Å². The quantitative estimate of drug-likeness (QED) is 0.664. The Labute approximate surface area is 151 Å². The number of aliphatic hydroxyl groups is 1. The van der Waals surface area contributed by atoms with Gasteiger partial charge in [-0.3, -0.25) is 9.59 Å². The van der Waals surface area contributed by atoms with E-state index in [1.807, 2.05) is 12.1 Å². The molecule has 2 aromatic carbocycles. The number of carbonyl (C=O) groups is 2. The molecular weight excluding hydrogens is 335 g/mol. The molecule has 0 aliphatic carbocycles. The van der Waals surface area contributed by atoms with Crippen LogP contribution in [0.5, 0.6) is 0 Å². The highest BCUT2D eigenvalue weighted by atomic mass is 19.1. The Bertz CT molecular complexity index is 801. The Balaban J connectivity index is 1.90. The first kappa shape index (κ1) is 19.3. The molecule has 1 unspecified atom stereocenters. The second-order valence-corrected chi connectivity index (χ2v) is 5.85. The van der Waals surface area contributed by atoms with Gasteiger partial charge in [0.15, 0.2) is 0 Å². The highest BCUT2D eigenvalue weighted by Gasteiger charge is 2.10. The standard InChI is InChI=1S/C20H21FN2O3/c1-3-19(25)22-15-7-4-14(5-8-15)6-11-20(26)23-16-9-10-18(21)17(12-16)13(2)24/h3-5,7-10,12-13,24H,1,6,11H2,2H3,(H,22,25)(H,23,26). The van der Waals surface area contributed by atoms with Gasteiger partial charge in [-0.05, 0) is 55.3 Å². The largest absolute Gasteiger partial charge is 0.389 e. The van der Waals surface area contributed by atoms with Crippen molar-refractivity contribution in [3.8, 4) is 0 Å². The maximum Gasteiger partial charge on any atom is 0.247 e. The Morgan fingerprint density at radius 3 is 2.42 bits per heavy atom. The molecule has 0 bridgehead atoms. The van der Waals surface area contributed by atoms with Crippen molar-refractivity contribution in [1.29, 1.82) is 0 Å². The zero-order valence-electron chi connectivity index (χ0n) is 14.5. The molecule has 0 saturated carbocycles. The summed E-state index contributed by atoms with van der Waals surface area (Å²) < 4.78 is 13.6.